The molecule has 2 aromatic rings. The van der Waals surface area contributed by atoms with E-state index in [0.29, 0.717) is 18.1 Å². The summed E-state index contributed by atoms with van der Waals surface area (Å²) in [6.45, 7) is 0. The van der Waals surface area contributed by atoms with Crippen LogP contribution in [0.1, 0.15) is 18.4 Å². The summed E-state index contributed by atoms with van der Waals surface area (Å²) in [7, 11) is 0. The number of nitrogens with zero attached hydrogens (tertiary/aromatic N) is 2. The zero-order chi connectivity index (χ0) is 16.7. The Morgan fingerprint density at radius 2 is 1.96 bits per heavy atom. The van der Waals surface area contributed by atoms with Gasteiger partial charge in [0.25, 0.3) is 0 Å². The van der Waals surface area contributed by atoms with Gasteiger partial charge in [0.2, 0.25) is 6.41 Å². The minimum atomic E-state index is -0.0541. The largest absolute Gasteiger partial charge is 0.507 e. The van der Waals surface area contributed by atoms with Gasteiger partial charge >= 0.3 is 0 Å². The van der Waals surface area contributed by atoms with E-state index < -0.39 is 0 Å². The van der Waals surface area contributed by atoms with Gasteiger partial charge in [-0.3, -0.25) is 4.79 Å². The Kier molecular flexibility index (Phi) is 5.42. The number of pyridine rings is 1. The van der Waals surface area contributed by atoms with Gasteiger partial charge < -0.3 is 15.2 Å². The fraction of sp³-hybridized carbons (Fsp3) is 0.176. The molecule has 0 atom stereocenters. The van der Waals surface area contributed by atoms with Crippen molar-refractivity contribution in [2.75, 3.05) is 5.32 Å². The Bertz CT molecular complexity index is 749. The first kappa shape index (κ1) is 16.2. The molecule has 1 aromatic heterocycles. The third-order valence-electron chi connectivity index (χ3n) is 3.23. The van der Waals surface area contributed by atoms with E-state index in [1.54, 1.807) is 30.5 Å². The number of carbonyl (C=O) groups is 2. The number of benzene rings is 1. The molecule has 0 unspecified atom stereocenters. The quantitative estimate of drug-likeness (QED) is 0.845. The lowest BCUT2D eigenvalue weighted by atomic mass is 10.0. The summed E-state index contributed by atoms with van der Waals surface area (Å²) < 4.78 is 0. The summed E-state index contributed by atoms with van der Waals surface area (Å²) in [4.78, 5) is 23.9. The lowest BCUT2D eigenvalue weighted by molar-refractivity contribution is -0.108. The minimum absolute atomic E-state index is 0.0541. The predicted octanol–water partition coefficient (Wildman–Crippen LogP) is 2.49. The fourth-order valence-electron chi connectivity index (χ4n) is 1.79. The van der Waals surface area contributed by atoms with Crippen LogP contribution in [-0.4, -0.2) is 22.8 Å². The van der Waals surface area contributed by atoms with E-state index in [4.69, 9.17) is 5.26 Å². The van der Waals surface area contributed by atoms with Crippen molar-refractivity contribution in [2.24, 2.45) is 5.92 Å². The molecule has 1 aromatic carbocycles. The molecule has 0 saturated heterocycles. The fourth-order valence-corrected chi connectivity index (χ4v) is 1.79. The number of amides is 1. The van der Waals surface area contributed by atoms with Gasteiger partial charge in [-0.05, 0) is 48.2 Å². The van der Waals surface area contributed by atoms with Crippen molar-refractivity contribution in [1.82, 2.24) is 4.98 Å². The van der Waals surface area contributed by atoms with Crippen molar-refractivity contribution >= 4 is 18.5 Å². The van der Waals surface area contributed by atoms with Gasteiger partial charge in [-0.25, -0.2) is 4.98 Å². The van der Waals surface area contributed by atoms with E-state index >= 15 is 0 Å². The number of carbonyl (C=O) groups excluding carboxylic acids is 2. The molecular weight excluding hydrogens is 294 g/mol. The monoisotopic (exact) mass is 309 g/mol. The predicted molar refractivity (Wildman–Crippen MR) is 84.5 cm³/mol. The summed E-state index contributed by atoms with van der Waals surface area (Å²) in [5.74, 6) is 0.825. The second kappa shape index (κ2) is 7.71. The molecule has 1 aliphatic rings. The highest BCUT2D eigenvalue weighted by molar-refractivity contribution is 5.74. The summed E-state index contributed by atoms with van der Waals surface area (Å²) in [6, 6.07) is 10.1. The Labute approximate surface area is 133 Å². The molecule has 1 amide bonds. The molecule has 0 radical (unpaired) electrons. The van der Waals surface area contributed by atoms with E-state index in [1.807, 2.05) is 6.07 Å². The number of aldehydes is 1. The van der Waals surface area contributed by atoms with E-state index in [1.165, 1.54) is 6.07 Å². The van der Waals surface area contributed by atoms with Gasteiger partial charge in [-0.15, -0.1) is 0 Å². The molecule has 2 N–H and O–H groups in total. The van der Waals surface area contributed by atoms with E-state index in [2.05, 4.69) is 10.3 Å². The van der Waals surface area contributed by atoms with E-state index in [-0.39, 0.29) is 11.3 Å². The molecule has 1 saturated carbocycles. The molecular formula is C17H15N3O3. The Hall–Kier alpha value is -3.20. The SMILES string of the molecule is N#Cc1cc(-c2ccnc(NC=O)c2)ccc1O.O=CC1CC1. The highest BCUT2D eigenvalue weighted by Gasteiger charge is 2.18. The van der Waals surface area contributed by atoms with Crippen molar-refractivity contribution in [2.45, 2.75) is 12.8 Å². The molecule has 23 heavy (non-hydrogen) atoms. The standard InChI is InChI=1S/C13H9N3O2.C4H6O/c14-7-11-5-9(1-2-12(11)18)10-3-4-15-13(6-10)16-8-17;5-3-4-1-2-4/h1-6,8,18H,(H,15,16,17);3-4H,1-2H2. The topological polar surface area (TPSA) is 103 Å². The third-order valence-corrected chi connectivity index (χ3v) is 3.23. The maximum atomic E-state index is 10.3. The number of nitrogens with one attached hydrogen (secondary N) is 1. The number of hydrogen-bond acceptors (Lipinski definition) is 5. The van der Waals surface area contributed by atoms with Gasteiger partial charge in [0.1, 0.15) is 23.9 Å². The Morgan fingerprint density at radius 1 is 1.22 bits per heavy atom. The maximum Gasteiger partial charge on any atom is 0.212 e. The average Bonchev–Trinajstić information content (AvgIpc) is 3.41. The number of rotatable bonds is 4. The Balaban J connectivity index is 0.000000326. The van der Waals surface area contributed by atoms with Crippen LogP contribution in [-0.2, 0) is 9.59 Å². The van der Waals surface area contributed by atoms with Gasteiger partial charge in [-0.2, -0.15) is 5.26 Å². The summed E-state index contributed by atoms with van der Waals surface area (Å²) in [5.41, 5.74) is 1.76. The molecule has 1 aliphatic carbocycles. The number of hydrogen-bond donors (Lipinski definition) is 2. The van der Waals surface area contributed by atoms with Crippen LogP contribution >= 0.6 is 0 Å². The lowest BCUT2D eigenvalue weighted by Crippen LogP contribution is -1.96. The normalized spacial score (nSPS) is 12.3. The molecule has 6 heteroatoms. The van der Waals surface area contributed by atoms with Crippen LogP contribution in [0.15, 0.2) is 36.5 Å². The van der Waals surface area contributed by atoms with Crippen molar-refractivity contribution in [1.29, 1.82) is 5.26 Å². The first-order valence-electron chi connectivity index (χ1n) is 7.03. The number of nitriles is 1. The maximum absolute atomic E-state index is 10.3. The molecule has 0 spiro atoms. The first-order valence-corrected chi connectivity index (χ1v) is 7.03. The molecule has 1 fully saturated rings. The third kappa shape index (κ3) is 4.64. The Morgan fingerprint density at radius 3 is 2.52 bits per heavy atom. The van der Waals surface area contributed by atoms with Gasteiger partial charge in [0.15, 0.2) is 0 Å². The van der Waals surface area contributed by atoms with Crippen molar-refractivity contribution < 1.29 is 14.7 Å². The van der Waals surface area contributed by atoms with Crippen molar-refractivity contribution in [3.05, 3.63) is 42.1 Å². The number of anilines is 1. The second-order valence-electron chi connectivity index (χ2n) is 5.01. The number of aromatic nitrogens is 1. The van der Waals surface area contributed by atoms with Crippen LogP contribution < -0.4 is 5.32 Å². The van der Waals surface area contributed by atoms with Gasteiger partial charge in [-0.1, -0.05) is 6.07 Å². The smallest absolute Gasteiger partial charge is 0.212 e. The van der Waals surface area contributed by atoms with Crippen molar-refractivity contribution in [3.8, 4) is 22.9 Å². The van der Waals surface area contributed by atoms with Crippen LogP contribution in [0.2, 0.25) is 0 Å². The minimum Gasteiger partial charge on any atom is -0.507 e. The molecule has 3 rings (SSSR count). The zero-order valence-corrected chi connectivity index (χ0v) is 12.3. The summed E-state index contributed by atoms with van der Waals surface area (Å²) in [6.07, 6.45) is 5.41. The molecule has 1 heterocycles. The molecule has 0 aliphatic heterocycles. The molecule has 0 bridgehead atoms. The van der Waals surface area contributed by atoms with Crippen LogP contribution in [0.5, 0.6) is 5.75 Å². The van der Waals surface area contributed by atoms with Crippen LogP contribution in [0.4, 0.5) is 5.82 Å². The number of aromatic hydroxyl groups is 1. The molecule has 6 nitrogen and oxygen atoms in total. The first-order chi connectivity index (χ1) is 11.2. The highest BCUT2D eigenvalue weighted by atomic mass is 16.3. The van der Waals surface area contributed by atoms with Crippen LogP contribution in [0.3, 0.4) is 0 Å². The van der Waals surface area contributed by atoms with E-state index in [0.717, 1.165) is 30.3 Å². The zero-order valence-electron chi connectivity index (χ0n) is 12.3. The van der Waals surface area contributed by atoms with Gasteiger partial charge in [0, 0.05) is 12.1 Å². The number of phenols is 1. The van der Waals surface area contributed by atoms with E-state index in [9.17, 15) is 14.7 Å². The second-order valence-corrected chi connectivity index (χ2v) is 5.01. The molecule has 116 valence electrons. The summed E-state index contributed by atoms with van der Waals surface area (Å²) in [5, 5.41) is 20.7. The summed E-state index contributed by atoms with van der Waals surface area (Å²) >= 11 is 0. The van der Waals surface area contributed by atoms with Gasteiger partial charge in [0.05, 0.1) is 5.56 Å². The van der Waals surface area contributed by atoms with Crippen LogP contribution in [0, 0.1) is 17.2 Å². The van der Waals surface area contributed by atoms with Crippen LogP contribution in [0.25, 0.3) is 11.1 Å². The van der Waals surface area contributed by atoms with Crippen molar-refractivity contribution in [3.63, 3.8) is 0 Å². The lowest BCUT2D eigenvalue weighted by Gasteiger charge is -2.05. The average molecular weight is 309 g/mol. The highest BCUT2D eigenvalue weighted by Crippen LogP contribution is 2.26. The number of phenolic OH excluding ortho intramolecular Hbond substituents is 1.